The third kappa shape index (κ3) is 2.68. The Hall–Kier alpha value is -0.590. The van der Waals surface area contributed by atoms with Crippen LogP contribution in [0.15, 0.2) is 0 Å². The SMILES string of the molecule is COCC(C)C(C#N)N1CCCC1. The Bertz CT molecular complexity index is 182. The molecule has 0 N–H and O–H groups in total. The molecule has 1 rings (SSSR count). The summed E-state index contributed by atoms with van der Waals surface area (Å²) in [5.41, 5.74) is 0. The van der Waals surface area contributed by atoms with Crippen molar-refractivity contribution in [2.45, 2.75) is 25.8 Å². The van der Waals surface area contributed by atoms with Crippen molar-refractivity contribution < 1.29 is 4.74 Å². The van der Waals surface area contributed by atoms with E-state index in [4.69, 9.17) is 10.00 Å². The van der Waals surface area contributed by atoms with Crippen LogP contribution in [0.5, 0.6) is 0 Å². The van der Waals surface area contributed by atoms with Crippen LogP contribution in [0.4, 0.5) is 0 Å². The minimum Gasteiger partial charge on any atom is -0.384 e. The highest BCUT2D eigenvalue weighted by Gasteiger charge is 2.26. The lowest BCUT2D eigenvalue weighted by atomic mass is 10.0. The number of likely N-dealkylation sites (tertiary alicyclic amines) is 1. The van der Waals surface area contributed by atoms with E-state index in [-0.39, 0.29) is 6.04 Å². The highest BCUT2D eigenvalue weighted by Crippen LogP contribution is 2.17. The Balaban J connectivity index is 2.46. The smallest absolute Gasteiger partial charge is 0.103 e. The summed E-state index contributed by atoms with van der Waals surface area (Å²) in [7, 11) is 1.69. The van der Waals surface area contributed by atoms with Crippen LogP contribution in [-0.4, -0.2) is 37.7 Å². The van der Waals surface area contributed by atoms with Crippen LogP contribution in [-0.2, 0) is 4.74 Å². The summed E-state index contributed by atoms with van der Waals surface area (Å²) >= 11 is 0. The zero-order chi connectivity index (χ0) is 9.68. The minimum atomic E-state index is 0.0439. The van der Waals surface area contributed by atoms with Crippen LogP contribution in [0.1, 0.15) is 19.8 Å². The lowest BCUT2D eigenvalue weighted by molar-refractivity contribution is 0.116. The molecule has 0 aromatic heterocycles. The average molecular weight is 182 g/mol. The Morgan fingerprint density at radius 2 is 2.08 bits per heavy atom. The normalized spacial score (nSPS) is 22.5. The van der Waals surface area contributed by atoms with Crippen LogP contribution in [0, 0.1) is 17.2 Å². The highest BCUT2D eigenvalue weighted by molar-refractivity contribution is 4.96. The number of methoxy groups -OCH3 is 1. The van der Waals surface area contributed by atoms with Gasteiger partial charge in [-0.1, -0.05) is 6.92 Å². The summed E-state index contributed by atoms with van der Waals surface area (Å²) in [6.45, 7) is 4.91. The van der Waals surface area contributed by atoms with Gasteiger partial charge in [0.25, 0.3) is 0 Å². The Labute approximate surface area is 80.3 Å². The molecule has 0 aromatic carbocycles. The molecule has 1 saturated heterocycles. The molecule has 0 aromatic rings. The van der Waals surface area contributed by atoms with E-state index >= 15 is 0 Å². The topological polar surface area (TPSA) is 36.3 Å². The fourth-order valence-electron chi connectivity index (χ4n) is 1.94. The van der Waals surface area contributed by atoms with Crippen molar-refractivity contribution in [2.24, 2.45) is 5.92 Å². The molecule has 74 valence electrons. The largest absolute Gasteiger partial charge is 0.384 e. The predicted molar refractivity (Wildman–Crippen MR) is 51.2 cm³/mol. The van der Waals surface area contributed by atoms with Gasteiger partial charge in [-0.15, -0.1) is 0 Å². The zero-order valence-electron chi connectivity index (χ0n) is 8.49. The molecule has 3 heteroatoms. The van der Waals surface area contributed by atoms with Gasteiger partial charge in [-0.2, -0.15) is 5.26 Å². The molecule has 1 aliphatic heterocycles. The number of rotatable bonds is 4. The molecular formula is C10H18N2O. The second-order valence-electron chi connectivity index (χ2n) is 3.75. The minimum absolute atomic E-state index is 0.0439. The third-order valence-electron chi connectivity index (χ3n) is 2.63. The molecule has 0 saturated carbocycles. The molecule has 0 radical (unpaired) electrons. The molecule has 2 atom stereocenters. The molecule has 0 spiro atoms. The van der Waals surface area contributed by atoms with Crippen molar-refractivity contribution in [3.8, 4) is 6.07 Å². The maximum Gasteiger partial charge on any atom is 0.103 e. The number of nitrogens with zero attached hydrogens (tertiary/aromatic N) is 2. The van der Waals surface area contributed by atoms with Crippen molar-refractivity contribution in [3.63, 3.8) is 0 Å². The first-order valence-electron chi connectivity index (χ1n) is 4.92. The number of nitriles is 1. The molecule has 1 aliphatic rings. The quantitative estimate of drug-likeness (QED) is 0.656. The fourth-order valence-corrected chi connectivity index (χ4v) is 1.94. The van der Waals surface area contributed by atoms with Gasteiger partial charge in [0.1, 0.15) is 6.04 Å². The fraction of sp³-hybridized carbons (Fsp3) is 0.900. The van der Waals surface area contributed by atoms with Crippen molar-refractivity contribution in [3.05, 3.63) is 0 Å². The molecule has 0 amide bonds. The van der Waals surface area contributed by atoms with Crippen molar-refractivity contribution >= 4 is 0 Å². The van der Waals surface area contributed by atoms with Crippen molar-refractivity contribution in [1.82, 2.24) is 4.90 Å². The van der Waals surface area contributed by atoms with Gasteiger partial charge in [0.05, 0.1) is 12.7 Å². The lowest BCUT2D eigenvalue weighted by Gasteiger charge is -2.26. The Morgan fingerprint density at radius 1 is 1.46 bits per heavy atom. The highest BCUT2D eigenvalue weighted by atomic mass is 16.5. The van der Waals surface area contributed by atoms with Crippen LogP contribution in [0.2, 0.25) is 0 Å². The van der Waals surface area contributed by atoms with Gasteiger partial charge in [0.2, 0.25) is 0 Å². The standard InChI is InChI=1S/C10H18N2O/c1-9(8-13-2)10(7-11)12-5-3-4-6-12/h9-10H,3-6,8H2,1-2H3. The van der Waals surface area contributed by atoms with E-state index in [1.165, 1.54) is 12.8 Å². The van der Waals surface area contributed by atoms with E-state index in [2.05, 4.69) is 17.9 Å². The molecule has 1 fully saturated rings. The lowest BCUT2D eigenvalue weighted by Crippen LogP contribution is -2.38. The first-order valence-corrected chi connectivity index (χ1v) is 4.92. The first-order chi connectivity index (χ1) is 6.29. The molecule has 0 aliphatic carbocycles. The third-order valence-corrected chi connectivity index (χ3v) is 2.63. The van der Waals surface area contributed by atoms with E-state index < -0.39 is 0 Å². The van der Waals surface area contributed by atoms with Crippen molar-refractivity contribution in [2.75, 3.05) is 26.8 Å². The van der Waals surface area contributed by atoms with E-state index in [0.717, 1.165) is 13.1 Å². The van der Waals surface area contributed by atoms with Gasteiger partial charge in [-0.3, -0.25) is 4.90 Å². The molecule has 13 heavy (non-hydrogen) atoms. The molecule has 3 nitrogen and oxygen atoms in total. The summed E-state index contributed by atoms with van der Waals surface area (Å²) in [5.74, 6) is 0.313. The van der Waals surface area contributed by atoms with Crippen LogP contribution in [0.25, 0.3) is 0 Å². The summed E-state index contributed by atoms with van der Waals surface area (Å²) < 4.78 is 5.07. The molecular weight excluding hydrogens is 164 g/mol. The maximum atomic E-state index is 9.04. The second kappa shape index (κ2) is 5.21. The summed E-state index contributed by atoms with van der Waals surface area (Å²) in [6.07, 6.45) is 2.47. The molecule has 2 unspecified atom stereocenters. The maximum absolute atomic E-state index is 9.04. The zero-order valence-corrected chi connectivity index (χ0v) is 8.49. The molecule has 1 heterocycles. The van der Waals surface area contributed by atoms with Gasteiger partial charge >= 0.3 is 0 Å². The summed E-state index contributed by atoms with van der Waals surface area (Å²) in [4.78, 5) is 2.27. The first kappa shape index (κ1) is 10.5. The predicted octanol–water partition coefficient (Wildman–Crippen LogP) is 1.26. The van der Waals surface area contributed by atoms with E-state index in [1.54, 1.807) is 7.11 Å². The van der Waals surface area contributed by atoms with E-state index in [1.807, 2.05) is 0 Å². The van der Waals surface area contributed by atoms with Crippen LogP contribution in [0.3, 0.4) is 0 Å². The van der Waals surface area contributed by atoms with Gasteiger partial charge in [0.15, 0.2) is 0 Å². The average Bonchev–Trinajstić information content (AvgIpc) is 2.59. The summed E-state index contributed by atoms with van der Waals surface area (Å²) in [6, 6.07) is 2.42. The van der Waals surface area contributed by atoms with Gasteiger partial charge in [0, 0.05) is 13.0 Å². The van der Waals surface area contributed by atoms with Crippen LogP contribution < -0.4 is 0 Å². The number of ether oxygens (including phenoxy) is 1. The number of hydrogen-bond donors (Lipinski definition) is 0. The molecule has 0 bridgehead atoms. The monoisotopic (exact) mass is 182 g/mol. The van der Waals surface area contributed by atoms with Gasteiger partial charge in [-0.05, 0) is 25.9 Å². The van der Waals surface area contributed by atoms with Crippen LogP contribution >= 0.6 is 0 Å². The van der Waals surface area contributed by atoms with Gasteiger partial charge < -0.3 is 4.74 Å². The second-order valence-corrected chi connectivity index (χ2v) is 3.75. The van der Waals surface area contributed by atoms with E-state index in [9.17, 15) is 0 Å². The van der Waals surface area contributed by atoms with Crippen molar-refractivity contribution in [1.29, 1.82) is 5.26 Å². The summed E-state index contributed by atoms with van der Waals surface area (Å²) in [5, 5.41) is 9.04. The Kier molecular flexibility index (Phi) is 4.20. The number of hydrogen-bond acceptors (Lipinski definition) is 3. The van der Waals surface area contributed by atoms with E-state index in [0.29, 0.717) is 12.5 Å². The van der Waals surface area contributed by atoms with Gasteiger partial charge in [-0.25, -0.2) is 0 Å². The Morgan fingerprint density at radius 3 is 2.54 bits per heavy atom.